The van der Waals surface area contributed by atoms with Crippen LogP contribution in [-0.2, 0) is 13.5 Å². The molecular formula is C29H30FN3. The lowest BCUT2D eigenvalue weighted by atomic mass is 10.0. The third-order valence-corrected chi connectivity index (χ3v) is 5.20. The molecule has 3 nitrogen and oxygen atoms in total. The maximum Gasteiger partial charge on any atom is 0.123 e. The van der Waals surface area contributed by atoms with Gasteiger partial charge in [-0.15, -0.1) is 0 Å². The molecule has 4 rings (SSSR count). The summed E-state index contributed by atoms with van der Waals surface area (Å²) in [4.78, 5) is 4.49. The minimum Gasteiger partial charge on any atom is -0.267 e. The SMILES string of the molecule is CCc1ccc2ccccc2n1.C\C=C/C(=C\C=C\C)c1c(-c2ccc(F)cc2)cnn1C. The molecule has 0 atom stereocenters. The molecule has 0 saturated heterocycles. The molecule has 0 amide bonds. The summed E-state index contributed by atoms with van der Waals surface area (Å²) in [5.74, 6) is -0.234. The van der Waals surface area contributed by atoms with Crippen molar-refractivity contribution >= 4 is 16.5 Å². The summed E-state index contributed by atoms with van der Waals surface area (Å²) >= 11 is 0. The Kier molecular flexibility index (Phi) is 8.48. The molecule has 168 valence electrons. The number of para-hydroxylation sites is 1. The van der Waals surface area contributed by atoms with Gasteiger partial charge in [0, 0.05) is 29.3 Å². The number of fused-ring (bicyclic) bond motifs is 1. The number of benzene rings is 2. The Bertz CT molecular complexity index is 1280. The fourth-order valence-corrected chi connectivity index (χ4v) is 3.52. The third kappa shape index (κ3) is 6.13. The number of nitrogens with zero attached hydrogens (tertiary/aromatic N) is 3. The predicted octanol–water partition coefficient (Wildman–Crippen LogP) is 7.56. The highest BCUT2D eigenvalue weighted by atomic mass is 19.1. The average molecular weight is 440 g/mol. The van der Waals surface area contributed by atoms with E-state index in [0.29, 0.717) is 0 Å². The largest absolute Gasteiger partial charge is 0.267 e. The molecule has 4 heteroatoms. The summed E-state index contributed by atoms with van der Waals surface area (Å²) in [7, 11) is 1.91. The van der Waals surface area contributed by atoms with Crippen molar-refractivity contribution in [3.8, 4) is 11.1 Å². The molecule has 2 aromatic heterocycles. The van der Waals surface area contributed by atoms with E-state index in [1.165, 1.54) is 17.5 Å². The van der Waals surface area contributed by atoms with Crippen molar-refractivity contribution in [2.45, 2.75) is 27.2 Å². The van der Waals surface area contributed by atoms with Crippen molar-refractivity contribution in [1.82, 2.24) is 14.8 Å². The minimum absolute atomic E-state index is 0.234. The highest BCUT2D eigenvalue weighted by Gasteiger charge is 2.13. The maximum atomic E-state index is 13.1. The van der Waals surface area contributed by atoms with E-state index in [1.54, 1.807) is 12.1 Å². The van der Waals surface area contributed by atoms with Gasteiger partial charge in [-0.1, -0.05) is 73.7 Å². The van der Waals surface area contributed by atoms with Crippen LogP contribution in [-0.4, -0.2) is 14.8 Å². The van der Waals surface area contributed by atoms with Crippen LogP contribution in [0.1, 0.15) is 32.2 Å². The van der Waals surface area contributed by atoms with Gasteiger partial charge < -0.3 is 0 Å². The van der Waals surface area contributed by atoms with E-state index in [1.807, 2.05) is 74.3 Å². The normalized spacial score (nSPS) is 11.8. The van der Waals surface area contributed by atoms with Crippen LogP contribution >= 0.6 is 0 Å². The van der Waals surface area contributed by atoms with Crippen molar-refractivity contribution in [2.24, 2.45) is 7.05 Å². The van der Waals surface area contributed by atoms with Crippen molar-refractivity contribution in [1.29, 1.82) is 0 Å². The number of hydrogen-bond acceptors (Lipinski definition) is 2. The Labute approximate surface area is 195 Å². The first kappa shape index (κ1) is 23.9. The molecule has 0 bridgehead atoms. The Morgan fingerprint density at radius 1 is 0.970 bits per heavy atom. The quantitative estimate of drug-likeness (QED) is 0.300. The molecule has 0 spiro atoms. The van der Waals surface area contributed by atoms with E-state index >= 15 is 0 Å². The predicted molar refractivity (Wildman–Crippen MR) is 137 cm³/mol. The zero-order valence-electron chi connectivity index (χ0n) is 19.7. The van der Waals surface area contributed by atoms with Crippen LogP contribution in [0.5, 0.6) is 0 Å². The number of allylic oxidation sites excluding steroid dienone is 6. The van der Waals surface area contributed by atoms with Gasteiger partial charge >= 0.3 is 0 Å². The molecule has 33 heavy (non-hydrogen) atoms. The van der Waals surface area contributed by atoms with Gasteiger partial charge in [-0.25, -0.2) is 4.39 Å². The van der Waals surface area contributed by atoms with E-state index in [2.05, 4.69) is 41.3 Å². The van der Waals surface area contributed by atoms with Gasteiger partial charge in [0.15, 0.2) is 0 Å². The van der Waals surface area contributed by atoms with Crippen LogP contribution in [0.25, 0.3) is 27.6 Å². The Hall–Kier alpha value is -3.79. The lowest BCUT2D eigenvalue weighted by Crippen LogP contribution is -1.97. The summed E-state index contributed by atoms with van der Waals surface area (Å²) in [5, 5.41) is 5.57. The van der Waals surface area contributed by atoms with Gasteiger partial charge in [-0.3, -0.25) is 9.67 Å². The van der Waals surface area contributed by atoms with Gasteiger partial charge in [0.25, 0.3) is 0 Å². The zero-order valence-corrected chi connectivity index (χ0v) is 19.7. The maximum absolute atomic E-state index is 13.1. The number of halogens is 1. The fraction of sp³-hybridized carbons (Fsp3) is 0.172. The molecule has 2 aromatic carbocycles. The van der Waals surface area contributed by atoms with E-state index in [9.17, 15) is 4.39 Å². The van der Waals surface area contributed by atoms with Gasteiger partial charge in [0.1, 0.15) is 5.82 Å². The van der Waals surface area contributed by atoms with E-state index in [4.69, 9.17) is 0 Å². The molecule has 0 fully saturated rings. The number of rotatable bonds is 5. The number of aromatic nitrogens is 3. The van der Waals surface area contributed by atoms with Crippen molar-refractivity contribution < 1.29 is 4.39 Å². The molecule has 0 aliphatic heterocycles. The van der Waals surface area contributed by atoms with Crippen LogP contribution in [0, 0.1) is 5.82 Å². The molecule has 4 aromatic rings. The molecule has 0 saturated carbocycles. The van der Waals surface area contributed by atoms with Gasteiger partial charge in [0.2, 0.25) is 0 Å². The second kappa shape index (κ2) is 11.7. The molecule has 0 aliphatic rings. The topological polar surface area (TPSA) is 30.7 Å². The first-order valence-electron chi connectivity index (χ1n) is 11.2. The molecule has 0 unspecified atom stereocenters. The first-order valence-corrected chi connectivity index (χ1v) is 11.2. The van der Waals surface area contributed by atoms with Gasteiger partial charge in [-0.05, 0) is 50.1 Å². The van der Waals surface area contributed by atoms with Crippen molar-refractivity contribution in [2.75, 3.05) is 0 Å². The van der Waals surface area contributed by atoms with E-state index in [0.717, 1.165) is 40.0 Å². The first-order chi connectivity index (χ1) is 16.1. The van der Waals surface area contributed by atoms with Crippen LogP contribution < -0.4 is 0 Å². The smallest absolute Gasteiger partial charge is 0.123 e. The minimum atomic E-state index is -0.234. The van der Waals surface area contributed by atoms with Crippen LogP contribution in [0.15, 0.2) is 97.2 Å². The highest BCUT2D eigenvalue weighted by Crippen LogP contribution is 2.29. The highest BCUT2D eigenvalue weighted by molar-refractivity contribution is 5.84. The molecule has 0 N–H and O–H groups in total. The average Bonchev–Trinajstić information content (AvgIpc) is 3.23. The second-order valence-electron chi connectivity index (χ2n) is 7.53. The van der Waals surface area contributed by atoms with Gasteiger partial charge in [-0.2, -0.15) is 5.10 Å². The number of hydrogen-bond donors (Lipinski definition) is 0. The Balaban J connectivity index is 0.000000215. The molecule has 0 aliphatic carbocycles. The van der Waals surface area contributed by atoms with Crippen molar-refractivity contribution in [3.05, 3.63) is 114 Å². The molecule has 2 heterocycles. The molecular weight excluding hydrogens is 409 g/mol. The van der Waals surface area contributed by atoms with E-state index in [-0.39, 0.29) is 5.82 Å². The van der Waals surface area contributed by atoms with Crippen LogP contribution in [0.3, 0.4) is 0 Å². The lowest BCUT2D eigenvalue weighted by molar-refractivity contribution is 0.628. The summed E-state index contributed by atoms with van der Waals surface area (Å²) < 4.78 is 14.9. The van der Waals surface area contributed by atoms with Gasteiger partial charge in [0.05, 0.1) is 17.4 Å². The third-order valence-electron chi connectivity index (χ3n) is 5.20. The summed E-state index contributed by atoms with van der Waals surface area (Å²) in [6.07, 6.45) is 12.9. The monoisotopic (exact) mass is 439 g/mol. The Morgan fingerprint density at radius 2 is 1.73 bits per heavy atom. The standard InChI is InChI=1S/C18H19FN2.C11H11N/c1-4-6-8-15(7-5-2)18-17(13-20-21(18)3)14-9-11-16(19)12-10-14;1-2-10-8-7-9-5-3-4-6-11(9)12-10/h4-13H,1-3H3;3-8H,2H2,1H3/b6-4+,7-5-,15-8+;. The zero-order chi connectivity index (χ0) is 23.6. The fourth-order valence-electron chi connectivity index (χ4n) is 3.52. The Morgan fingerprint density at radius 3 is 2.42 bits per heavy atom. The van der Waals surface area contributed by atoms with Crippen LogP contribution in [0.2, 0.25) is 0 Å². The summed E-state index contributed by atoms with van der Waals surface area (Å²) in [6, 6.07) is 18.9. The number of aryl methyl sites for hydroxylation is 2. The number of pyridine rings is 1. The second-order valence-corrected chi connectivity index (χ2v) is 7.53. The van der Waals surface area contributed by atoms with Crippen LogP contribution in [0.4, 0.5) is 4.39 Å². The summed E-state index contributed by atoms with van der Waals surface area (Å²) in [6.45, 7) is 6.09. The summed E-state index contributed by atoms with van der Waals surface area (Å²) in [5.41, 5.74) is 6.28. The van der Waals surface area contributed by atoms with E-state index < -0.39 is 0 Å². The van der Waals surface area contributed by atoms with Crippen molar-refractivity contribution in [3.63, 3.8) is 0 Å². The lowest BCUT2D eigenvalue weighted by Gasteiger charge is -2.07. The molecule has 0 radical (unpaired) electrons.